The number of thiocarbonyl (C=S) groups is 1. The lowest BCUT2D eigenvalue weighted by molar-refractivity contribution is -0.123. The third-order valence-corrected chi connectivity index (χ3v) is 4.20. The van der Waals surface area contributed by atoms with Crippen molar-refractivity contribution < 1.29 is 9.90 Å². The minimum Gasteiger partial charge on any atom is -0.400 e. The number of carbonyl (C=O) groups is 1. The maximum Gasteiger partial charge on any atom is 0.220 e. The molecule has 4 nitrogen and oxygen atoms in total. The second-order valence-electron chi connectivity index (χ2n) is 6.28. The van der Waals surface area contributed by atoms with E-state index in [2.05, 4.69) is 52.2 Å². The van der Waals surface area contributed by atoms with Crippen molar-refractivity contribution in [3.8, 4) is 0 Å². The Kier molecular flexibility index (Phi) is 10.0. The van der Waals surface area contributed by atoms with Crippen LogP contribution in [0, 0.1) is 11.3 Å². The molecule has 0 bridgehead atoms. The molecule has 0 unspecified atom stereocenters. The third kappa shape index (κ3) is 7.20. The first kappa shape index (κ1) is 21.6. The van der Waals surface area contributed by atoms with Crippen LogP contribution in [0.5, 0.6) is 0 Å². The van der Waals surface area contributed by atoms with Gasteiger partial charge in [-0.1, -0.05) is 39.9 Å². The van der Waals surface area contributed by atoms with Crippen molar-refractivity contribution in [1.29, 1.82) is 0 Å². The number of aliphatic hydroxyl groups excluding tert-OH is 1. The molecule has 0 aliphatic heterocycles. The molecule has 0 aromatic carbocycles. The highest BCUT2D eigenvalue weighted by molar-refractivity contribution is 7.80. The van der Waals surface area contributed by atoms with E-state index in [-0.39, 0.29) is 16.9 Å². The summed E-state index contributed by atoms with van der Waals surface area (Å²) in [5, 5.41) is 13.2. The van der Waals surface area contributed by atoms with Gasteiger partial charge in [-0.3, -0.25) is 4.79 Å². The van der Waals surface area contributed by atoms with Crippen molar-refractivity contribution in [2.75, 3.05) is 13.7 Å². The number of aliphatic hydroxyl groups is 1. The SMILES string of the molecule is CCNC(=O)CC(C)(C)C(C)(C)NC(=S)C(C)C.CO. The minimum absolute atomic E-state index is 0.0906. The number of amides is 1. The molecule has 120 valence electrons. The predicted octanol–water partition coefficient (Wildman–Crippen LogP) is 2.50. The highest BCUT2D eigenvalue weighted by Gasteiger charge is 2.39. The van der Waals surface area contributed by atoms with E-state index < -0.39 is 0 Å². The Labute approximate surface area is 129 Å². The van der Waals surface area contributed by atoms with Gasteiger partial charge >= 0.3 is 0 Å². The standard InChI is InChI=1S/C14H28N2OS.CH4O/c1-8-15-11(17)9-13(4,5)14(6,7)16-12(18)10(2)3;1-2/h10H,8-9H2,1-7H3,(H,15,17)(H,16,18);2H,1H3. The molecule has 5 heteroatoms. The molecular weight excluding hydrogens is 272 g/mol. The van der Waals surface area contributed by atoms with Crippen molar-refractivity contribution in [3.05, 3.63) is 0 Å². The molecule has 20 heavy (non-hydrogen) atoms. The molecule has 0 aliphatic carbocycles. The first-order chi connectivity index (χ1) is 9.03. The second kappa shape index (κ2) is 9.29. The monoisotopic (exact) mass is 304 g/mol. The van der Waals surface area contributed by atoms with E-state index in [0.29, 0.717) is 18.9 Å². The summed E-state index contributed by atoms with van der Waals surface area (Å²) in [6.07, 6.45) is 0.488. The van der Waals surface area contributed by atoms with Gasteiger partial charge in [-0.25, -0.2) is 0 Å². The summed E-state index contributed by atoms with van der Waals surface area (Å²) in [6, 6.07) is 0. The smallest absolute Gasteiger partial charge is 0.220 e. The molecule has 0 radical (unpaired) electrons. The van der Waals surface area contributed by atoms with Gasteiger partial charge in [0.1, 0.15) is 0 Å². The molecule has 0 atom stereocenters. The highest BCUT2D eigenvalue weighted by Crippen LogP contribution is 2.34. The molecule has 0 saturated carbocycles. The van der Waals surface area contributed by atoms with Gasteiger partial charge < -0.3 is 15.7 Å². The highest BCUT2D eigenvalue weighted by atomic mass is 32.1. The first-order valence-electron chi connectivity index (χ1n) is 7.07. The van der Waals surface area contributed by atoms with E-state index in [1.54, 1.807) is 0 Å². The molecule has 0 spiro atoms. The van der Waals surface area contributed by atoms with Crippen molar-refractivity contribution >= 4 is 23.1 Å². The zero-order valence-corrected chi connectivity index (χ0v) is 15.1. The summed E-state index contributed by atoms with van der Waals surface area (Å²) in [5.74, 6) is 0.410. The van der Waals surface area contributed by atoms with E-state index in [1.807, 2.05) is 6.92 Å². The molecule has 0 fully saturated rings. The molecule has 0 heterocycles. The Morgan fingerprint density at radius 2 is 1.65 bits per heavy atom. The summed E-state index contributed by atoms with van der Waals surface area (Å²) < 4.78 is 0. The normalized spacial score (nSPS) is 11.5. The van der Waals surface area contributed by atoms with Crippen LogP contribution in [0.4, 0.5) is 0 Å². The van der Waals surface area contributed by atoms with Gasteiger partial charge in [-0.05, 0) is 26.2 Å². The maximum atomic E-state index is 11.8. The van der Waals surface area contributed by atoms with Gasteiger partial charge in [-0.15, -0.1) is 0 Å². The quantitative estimate of drug-likeness (QED) is 0.660. The summed E-state index contributed by atoms with van der Waals surface area (Å²) in [5.41, 5.74) is -0.398. The van der Waals surface area contributed by atoms with Crippen LogP contribution < -0.4 is 10.6 Å². The Morgan fingerprint density at radius 1 is 1.20 bits per heavy atom. The van der Waals surface area contributed by atoms with Crippen LogP contribution in [-0.4, -0.2) is 35.2 Å². The number of nitrogens with one attached hydrogen (secondary N) is 2. The minimum atomic E-state index is -0.223. The van der Waals surface area contributed by atoms with E-state index in [0.717, 1.165) is 12.1 Å². The molecule has 0 saturated heterocycles. The van der Waals surface area contributed by atoms with Crippen LogP contribution in [-0.2, 0) is 4.79 Å². The molecular formula is C15H32N2O2S. The summed E-state index contributed by atoms with van der Waals surface area (Å²) in [6.45, 7) is 15.1. The first-order valence-corrected chi connectivity index (χ1v) is 7.47. The molecule has 0 aromatic heterocycles. The van der Waals surface area contributed by atoms with Crippen molar-refractivity contribution in [1.82, 2.24) is 10.6 Å². The fourth-order valence-corrected chi connectivity index (χ4v) is 1.76. The maximum absolute atomic E-state index is 11.8. The second-order valence-corrected chi connectivity index (χ2v) is 6.72. The summed E-state index contributed by atoms with van der Waals surface area (Å²) in [4.78, 5) is 12.6. The van der Waals surface area contributed by atoms with E-state index in [9.17, 15) is 4.79 Å². The van der Waals surface area contributed by atoms with E-state index in [4.69, 9.17) is 17.3 Å². The number of rotatable bonds is 6. The van der Waals surface area contributed by atoms with Gasteiger partial charge in [0, 0.05) is 31.5 Å². The molecule has 0 aromatic rings. The van der Waals surface area contributed by atoms with Crippen LogP contribution in [0.1, 0.15) is 54.9 Å². The average Bonchev–Trinajstić information content (AvgIpc) is 2.30. The van der Waals surface area contributed by atoms with Crippen LogP contribution in [0.2, 0.25) is 0 Å². The largest absolute Gasteiger partial charge is 0.400 e. The van der Waals surface area contributed by atoms with Gasteiger partial charge in [0.15, 0.2) is 0 Å². The molecule has 3 N–H and O–H groups in total. The lowest BCUT2D eigenvalue weighted by atomic mass is 9.71. The third-order valence-electron chi connectivity index (χ3n) is 3.63. The lowest BCUT2D eigenvalue weighted by Crippen LogP contribution is -2.55. The van der Waals surface area contributed by atoms with Crippen molar-refractivity contribution in [2.45, 2.75) is 60.4 Å². The summed E-state index contributed by atoms with van der Waals surface area (Å²) in [7, 11) is 1.00. The fraction of sp³-hybridized carbons (Fsp3) is 0.867. The Morgan fingerprint density at radius 3 is 2.00 bits per heavy atom. The predicted molar refractivity (Wildman–Crippen MR) is 89.9 cm³/mol. The van der Waals surface area contributed by atoms with Gasteiger partial charge in [-0.2, -0.15) is 0 Å². The van der Waals surface area contributed by atoms with Gasteiger partial charge in [0.2, 0.25) is 5.91 Å². The number of hydrogen-bond donors (Lipinski definition) is 3. The Hall–Kier alpha value is -0.680. The summed E-state index contributed by atoms with van der Waals surface area (Å²) >= 11 is 5.35. The Bertz CT molecular complexity index is 313. The lowest BCUT2D eigenvalue weighted by Gasteiger charge is -2.43. The van der Waals surface area contributed by atoms with Crippen LogP contribution >= 0.6 is 12.2 Å². The number of hydrogen-bond acceptors (Lipinski definition) is 3. The zero-order chi connectivity index (χ0) is 16.6. The molecule has 0 rings (SSSR count). The molecule has 1 amide bonds. The Balaban J connectivity index is 0. The zero-order valence-electron chi connectivity index (χ0n) is 14.3. The van der Waals surface area contributed by atoms with Crippen molar-refractivity contribution in [3.63, 3.8) is 0 Å². The van der Waals surface area contributed by atoms with Crippen LogP contribution in [0.15, 0.2) is 0 Å². The fourth-order valence-electron chi connectivity index (χ4n) is 1.50. The van der Waals surface area contributed by atoms with Gasteiger partial charge in [0.05, 0.1) is 4.99 Å². The van der Waals surface area contributed by atoms with Crippen LogP contribution in [0.3, 0.4) is 0 Å². The van der Waals surface area contributed by atoms with E-state index >= 15 is 0 Å². The number of carbonyl (C=O) groups excluding carboxylic acids is 1. The topological polar surface area (TPSA) is 61.4 Å². The molecule has 0 aliphatic rings. The van der Waals surface area contributed by atoms with Gasteiger partial charge in [0.25, 0.3) is 0 Å². The van der Waals surface area contributed by atoms with Crippen molar-refractivity contribution in [2.24, 2.45) is 11.3 Å². The average molecular weight is 304 g/mol. The van der Waals surface area contributed by atoms with E-state index in [1.165, 1.54) is 0 Å². The van der Waals surface area contributed by atoms with Crippen LogP contribution in [0.25, 0.3) is 0 Å².